The Morgan fingerprint density at radius 2 is 1.86 bits per heavy atom. The molecule has 3 rings (SSSR count). The van der Waals surface area contributed by atoms with Crippen molar-refractivity contribution < 1.29 is 4.74 Å². The van der Waals surface area contributed by atoms with E-state index in [2.05, 4.69) is 21.4 Å². The molecule has 1 aromatic carbocycles. The quantitative estimate of drug-likeness (QED) is 0.942. The second-order valence-corrected chi connectivity index (χ2v) is 5.45. The highest BCUT2D eigenvalue weighted by Crippen LogP contribution is 2.31. The maximum Gasteiger partial charge on any atom is 0.128 e. The van der Waals surface area contributed by atoms with Crippen LogP contribution in [0, 0.1) is 6.92 Å². The molecule has 0 bridgehead atoms. The van der Waals surface area contributed by atoms with Gasteiger partial charge in [0.25, 0.3) is 0 Å². The minimum Gasteiger partial charge on any atom is -0.496 e. The molecule has 4 nitrogen and oxygen atoms in total. The molecular formula is C17H22ClN3O. The molecule has 0 atom stereocenters. The number of nitrogens with one attached hydrogen (secondary N) is 1. The average Bonchev–Trinajstić information content (AvgIpc) is 2.55. The summed E-state index contributed by atoms with van der Waals surface area (Å²) in [6, 6.07) is 10.1. The third-order valence-corrected chi connectivity index (χ3v) is 4.00. The van der Waals surface area contributed by atoms with E-state index in [0.29, 0.717) is 5.92 Å². The standard InChI is InChI=1S/C17H21N3O.ClH/c1-12-19-15(13-7-9-18-10-8-13)11-16(20-12)14-5-3-4-6-17(14)21-2;/h3-6,11,13,18H,7-10H2,1-2H3;1H. The van der Waals surface area contributed by atoms with Crippen LogP contribution in [0.3, 0.4) is 0 Å². The first-order valence-corrected chi connectivity index (χ1v) is 7.47. The van der Waals surface area contributed by atoms with Crippen LogP contribution in [0.2, 0.25) is 0 Å². The molecule has 2 heterocycles. The van der Waals surface area contributed by atoms with Crippen molar-refractivity contribution in [3.8, 4) is 17.0 Å². The van der Waals surface area contributed by atoms with Crippen molar-refractivity contribution in [2.45, 2.75) is 25.7 Å². The predicted octanol–water partition coefficient (Wildman–Crippen LogP) is 3.35. The summed E-state index contributed by atoms with van der Waals surface area (Å²) >= 11 is 0. The Balaban J connectivity index is 0.00000176. The number of hydrogen-bond donors (Lipinski definition) is 1. The molecule has 1 aromatic heterocycles. The Morgan fingerprint density at radius 1 is 1.14 bits per heavy atom. The van der Waals surface area contributed by atoms with Crippen LogP contribution in [0.5, 0.6) is 5.75 Å². The van der Waals surface area contributed by atoms with E-state index in [1.54, 1.807) is 7.11 Å². The van der Waals surface area contributed by atoms with Gasteiger partial charge in [-0.15, -0.1) is 12.4 Å². The van der Waals surface area contributed by atoms with E-state index in [0.717, 1.165) is 54.5 Å². The lowest BCUT2D eigenvalue weighted by Gasteiger charge is -2.22. The zero-order valence-corrected chi connectivity index (χ0v) is 13.8. The molecule has 22 heavy (non-hydrogen) atoms. The van der Waals surface area contributed by atoms with Crippen LogP contribution in [0.1, 0.15) is 30.3 Å². The fourth-order valence-corrected chi connectivity index (χ4v) is 2.91. The van der Waals surface area contributed by atoms with Gasteiger partial charge in [-0.25, -0.2) is 9.97 Å². The first-order chi connectivity index (χ1) is 10.3. The Labute approximate surface area is 137 Å². The lowest BCUT2D eigenvalue weighted by molar-refractivity contribution is 0.416. The number of piperidine rings is 1. The summed E-state index contributed by atoms with van der Waals surface area (Å²) in [6.45, 7) is 4.10. The minimum absolute atomic E-state index is 0. The van der Waals surface area contributed by atoms with Crippen molar-refractivity contribution in [1.82, 2.24) is 15.3 Å². The highest BCUT2D eigenvalue weighted by atomic mass is 35.5. The molecular weight excluding hydrogens is 298 g/mol. The summed E-state index contributed by atoms with van der Waals surface area (Å²) in [4.78, 5) is 9.26. The topological polar surface area (TPSA) is 47.0 Å². The molecule has 0 amide bonds. The number of aromatic nitrogens is 2. The van der Waals surface area contributed by atoms with Crippen molar-refractivity contribution in [1.29, 1.82) is 0 Å². The molecule has 0 spiro atoms. The van der Waals surface area contributed by atoms with Gasteiger partial charge in [0.1, 0.15) is 11.6 Å². The zero-order valence-electron chi connectivity index (χ0n) is 13.0. The lowest BCUT2D eigenvalue weighted by Crippen LogP contribution is -2.27. The van der Waals surface area contributed by atoms with Gasteiger partial charge in [0.2, 0.25) is 0 Å². The monoisotopic (exact) mass is 319 g/mol. The van der Waals surface area contributed by atoms with Crippen LogP contribution in [0.25, 0.3) is 11.3 Å². The van der Waals surface area contributed by atoms with Crippen LogP contribution in [0.15, 0.2) is 30.3 Å². The van der Waals surface area contributed by atoms with Crippen LogP contribution in [-0.2, 0) is 0 Å². The molecule has 118 valence electrons. The highest BCUT2D eigenvalue weighted by Gasteiger charge is 2.18. The maximum absolute atomic E-state index is 5.45. The predicted molar refractivity (Wildman–Crippen MR) is 90.8 cm³/mol. The number of benzene rings is 1. The largest absolute Gasteiger partial charge is 0.496 e. The molecule has 0 aliphatic carbocycles. The molecule has 1 aliphatic heterocycles. The lowest BCUT2D eigenvalue weighted by atomic mass is 9.93. The number of ether oxygens (including phenoxy) is 1. The molecule has 2 aromatic rings. The highest BCUT2D eigenvalue weighted by molar-refractivity contribution is 5.85. The second-order valence-electron chi connectivity index (χ2n) is 5.45. The van der Waals surface area contributed by atoms with Crippen LogP contribution in [-0.4, -0.2) is 30.2 Å². The van der Waals surface area contributed by atoms with E-state index in [1.807, 2.05) is 31.2 Å². The van der Waals surface area contributed by atoms with E-state index < -0.39 is 0 Å². The first-order valence-electron chi connectivity index (χ1n) is 7.47. The summed E-state index contributed by atoms with van der Waals surface area (Å²) in [6.07, 6.45) is 2.28. The Kier molecular flexibility index (Phi) is 5.75. The smallest absolute Gasteiger partial charge is 0.128 e. The molecule has 0 radical (unpaired) electrons. The number of aryl methyl sites for hydroxylation is 1. The van der Waals surface area contributed by atoms with Gasteiger partial charge >= 0.3 is 0 Å². The summed E-state index contributed by atoms with van der Waals surface area (Å²) < 4.78 is 5.45. The van der Waals surface area contributed by atoms with Gasteiger partial charge in [-0.3, -0.25) is 0 Å². The molecule has 0 unspecified atom stereocenters. The SMILES string of the molecule is COc1ccccc1-c1cc(C2CCNCC2)nc(C)n1.Cl. The normalized spacial score (nSPS) is 15.2. The summed E-state index contributed by atoms with van der Waals surface area (Å²) in [5.41, 5.74) is 3.14. The number of nitrogens with zero attached hydrogens (tertiary/aromatic N) is 2. The minimum atomic E-state index is 0. The van der Waals surface area contributed by atoms with Gasteiger partial charge < -0.3 is 10.1 Å². The fraction of sp³-hybridized carbons (Fsp3) is 0.412. The van der Waals surface area contributed by atoms with E-state index in [1.165, 1.54) is 0 Å². The molecule has 5 heteroatoms. The second kappa shape index (κ2) is 7.56. The van der Waals surface area contributed by atoms with Crippen LogP contribution >= 0.6 is 12.4 Å². The fourth-order valence-electron chi connectivity index (χ4n) is 2.91. The molecule has 1 N–H and O–H groups in total. The zero-order chi connectivity index (χ0) is 14.7. The molecule has 1 fully saturated rings. The third kappa shape index (κ3) is 3.57. The number of halogens is 1. The van der Waals surface area contributed by atoms with Gasteiger partial charge in [-0.05, 0) is 51.1 Å². The van der Waals surface area contributed by atoms with Gasteiger partial charge in [0.15, 0.2) is 0 Å². The molecule has 1 aliphatic rings. The number of rotatable bonds is 3. The van der Waals surface area contributed by atoms with Crippen molar-refractivity contribution in [3.63, 3.8) is 0 Å². The van der Waals surface area contributed by atoms with E-state index in [-0.39, 0.29) is 12.4 Å². The summed E-state index contributed by atoms with van der Waals surface area (Å²) in [5, 5.41) is 3.40. The van der Waals surface area contributed by atoms with Crippen molar-refractivity contribution in [2.24, 2.45) is 0 Å². The average molecular weight is 320 g/mol. The van der Waals surface area contributed by atoms with E-state index in [4.69, 9.17) is 4.74 Å². The van der Waals surface area contributed by atoms with Crippen molar-refractivity contribution in [3.05, 3.63) is 41.9 Å². The first kappa shape index (κ1) is 16.7. The Bertz CT molecular complexity index is 627. The van der Waals surface area contributed by atoms with Crippen molar-refractivity contribution in [2.75, 3.05) is 20.2 Å². The Hall–Kier alpha value is -1.65. The van der Waals surface area contributed by atoms with Crippen molar-refractivity contribution >= 4 is 12.4 Å². The summed E-state index contributed by atoms with van der Waals surface area (Å²) in [7, 11) is 1.70. The van der Waals surface area contributed by atoms with Gasteiger partial charge in [-0.2, -0.15) is 0 Å². The maximum atomic E-state index is 5.45. The van der Waals surface area contributed by atoms with Gasteiger partial charge in [0, 0.05) is 17.2 Å². The summed E-state index contributed by atoms with van der Waals surface area (Å²) in [5.74, 6) is 2.21. The molecule has 1 saturated heterocycles. The van der Waals surface area contributed by atoms with Gasteiger partial charge in [-0.1, -0.05) is 12.1 Å². The third-order valence-electron chi connectivity index (χ3n) is 4.00. The van der Waals surface area contributed by atoms with E-state index >= 15 is 0 Å². The number of para-hydroxylation sites is 1. The van der Waals surface area contributed by atoms with E-state index in [9.17, 15) is 0 Å². The van der Waals surface area contributed by atoms with Crippen LogP contribution in [0.4, 0.5) is 0 Å². The van der Waals surface area contributed by atoms with Gasteiger partial charge in [0.05, 0.1) is 12.8 Å². The Morgan fingerprint density at radius 3 is 2.59 bits per heavy atom. The number of hydrogen-bond acceptors (Lipinski definition) is 4. The molecule has 0 saturated carbocycles. The number of methoxy groups -OCH3 is 1. The van der Waals surface area contributed by atoms with Crippen LogP contribution < -0.4 is 10.1 Å².